The molecule has 0 fully saturated rings. The maximum absolute atomic E-state index is 14.0. The van der Waals surface area contributed by atoms with Gasteiger partial charge in [-0.05, 0) is 61.9 Å². The second-order valence-corrected chi connectivity index (χ2v) is 8.83. The molecule has 0 aliphatic carbocycles. The number of amides is 2. The van der Waals surface area contributed by atoms with Gasteiger partial charge in [-0.2, -0.15) is 10.4 Å². The highest BCUT2D eigenvalue weighted by atomic mass is 19.1. The van der Waals surface area contributed by atoms with Crippen molar-refractivity contribution < 1.29 is 14.0 Å². The first kappa shape index (κ1) is 23.9. The summed E-state index contributed by atoms with van der Waals surface area (Å²) in [5.41, 5.74) is 3.58. The van der Waals surface area contributed by atoms with Crippen LogP contribution in [0.3, 0.4) is 0 Å². The summed E-state index contributed by atoms with van der Waals surface area (Å²) in [6, 6.07) is 22.8. The first-order valence-corrected chi connectivity index (χ1v) is 12.0. The molecular formula is C29H24FN5O2. The lowest BCUT2D eigenvalue weighted by Crippen LogP contribution is -2.55. The standard InChI is InChI=1S/C29H24FN5O2/c1-3-34-28-24(18(2)33-35(28)23-10-5-4-6-11-23)25(20-12-14-22(30)15-13-20)26(29(34)37)32-27(36)21-9-7-8-19(16-21)17-31/h4-16,25-26H,3H2,1-2H3,(H,32,36). The van der Waals surface area contributed by atoms with E-state index < -0.39 is 23.7 Å². The van der Waals surface area contributed by atoms with Gasteiger partial charge in [-0.3, -0.25) is 14.5 Å². The monoisotopic (exact) mass is 493 g/mol. The van der Waals surface area contributed by atoms with Gasteiger partial charge in [0, 0.05) is 23.6 Å². The van der Waals surface area contributed by atoms with Crippen LogP contribution in [-0.2, 0) is 4.79 Å². The number of halogens is 1. The Balaban J connectivity index is 1.67. The van der Waals surface area contributed by atoms with Crippen molar-refractivity contribution in [3.63, 3.8) is 0 Å². The fourth-order valence-electron chi connectivity index (χ4n) is 4.92. The summed E-state index contributed by atoms with van der Waals surface area (Å²) in [4.78, 5) is 28.9. The topological polar surface area (TPSA) is 91.0 Å². The Morgan fingerprint density at radius 1 is 1.08 bits per heavy atom. The largest absolute Gasteiger partial charge is 0.339 e. The van der Waals surface area contributed by atoms with E-state index in [1.54, 1.807) is 39.9 Å². The molecule has 2 atom stereocenters. The van der Waals surface area contributed by atoms with Crippen LogP contribution in [0.1, 0.15) is 45.6 Å². The number of hydrogen-bond donors (Lipinski definition) is 1. The van der Waals surface area contributed by atoms with Crippen molar-refractivity contribution in [3.05, 3.63) is 113 Å². The van der Waals surface area contributed by atoms with Crippen LogP contribution in [0, 0.1) is 24.1 Å². The van der Waals surface area contributed by atoms with Crippen molar-refractivity contribution in [1.29, 1.82) is 5.26 Å². The summed E-state index contributed by atoms with van der Waals surface area (Å²) in [6.07, 6.45) is 0. The summed E-state index contributed by atoms with van der Waals surface area (Å²) in [7, 11) is 0. The summed E-state index contributed by atoms with van der Waals surface area (Å²) < 4.78 is 15.6. The van der Waals surface area contributed by atoms with Gasteiger partial charge in [0.05, 0.1) is 23.0 Å². The zero-order valence-corrected chi connectivity index (χ0v) is 20.4. The number of aromatic nitrogens is 2. The van der Waals surface area contributed by atoms with Gasteiger partial charge < -0.3 is 5.32 Å². The predicted octanol–water partition coefficient (Wildman–Crippen LogP) is 4.49. The number of benzene rings is 3. The van der Waals surface area contributed by atoms with Crippen molar-refractivity contribution in [2.24, 2.45) is 0 Å². The van der Waals surface area contributed by atoms with Gasteiger partial charge in [-0.1, -0.05) is 36.4 Å². The fraction of sp³-hybridized carbons (Fsp3) is 0.172. The van der Waals surface area contributed by atoms with E-state index in [-0.39, 0.29) is 11.5 Å². The molecular weight excluding hydrogens is 469 g/mol. The molecule has 4 aromatic rings. The summed E-state index contributed by atoms with van der Waals surface area (Å²) >= 11 is 0. The van der Waals surface area contributed by atoms with E-state index in [2.05, 4.69) is 5.32 Å². The first-order chi connectivity index (χ1) is 17.9. The SMILES string of the molecule is CCN1C(=O)C(NC(=O)c2cccc(C#N)c2)C(c2ccc(F)cc2)c2c(C)nn(-c3ccccc3)c21. The highest BCUT2D eigenvalue weighted by Crippen LogP contribution is 2.43. The smallest absolute Gasteiger partial charge is 0.252 e. The van der Waals surface area contributed by atoms with Gasteiger partial charge >= 0.3 is 0 Å². The van der Waals surface area contributed by atoms with Gasteiger partial charge in [0.15, 0.2) is 0 Å². The quantitative estimate of drug-likeness (QED) is 0.444. The lowest BCUT2D eigenvalue weighted by atomic mass is 9.81. The van der Waals surface area contributed by atoms with E-state index in [4.69, 9.17) is 5.10 Å². The Bertz CT molecular complexity index is 1520. The summed E-state index contributed by atoms with van der Waals surface area (Å²) in [6.45, 7) is 4.09. The second-order valence-electron chi connectivity index (χ2n) is 8.83. The number of nitriles is 1. The molecule has 2 heterocycles. The van der Waals surface area contributed by atoms with E-state index in [1.807, 2.05) is 50.2 Å². The van der Waals surface area contributed by atoms with E-state index in [1.165, 1.54) is 18.2 Å². The van der Waals surface area contributed by atoms with Gasteiger partial charge in [-0.15, -0.1) is 0 Å². The molecule has 3 aromatic carbocycles. The molecule has 1 aliphatic heterocycles. The third-order valence-electron chi connectivity index (χ3n) is 6.60. The van der Waals surface area contributed by atoms with Crippen LogP contribution >= 0.6 is 0 Å². The molecule has 0 radical (unpaired) electrons. The number of para-hydroxylation sites is 1. The van der Waals surface area contributed by atoms with Crippen LogP contribution in [0.5, 0.6) is 0 Å². The van der Waals surface area contributed by atoms with Crippen LogP contribution in [0.4, 0.5) is 10.2 Å². The summed E-state index contributed by atoms with van der Waals surface area (Å²) in [5.74, 6) is -1.15. The summed E-state index contributed by atoms with van der Waals surface area (Å²) in [5, 5.41) is 16.9. The van der Waals surface area contributed by atoms with Gasteiger partial charge in [-0.25, -0.2) is 9.07 Å². The van der Waals surface area contributed by atoms with Crippen LogP contribution < -0.4 is 10.2 Å². The molecule has 0 spiro atoms. The lowest BCUT2D eigenvalue weighted by Gasteiger charge is -2.38. The first-order valence-electron chi connectivity index (χ1n) is 12.0. The fourth-order valence-corrected chi connectivity index (χ4v) is 4.92. The van der Waals surface area contributed by atoms with Gasteiger partial charge in [0.1, 0.15) is 17.7 Å². The molecule has 1 aliphatic rings. The maximum atomic E-state index is 14.0. The number of fused-ring (bicyclic) bond motifs is 1. The van der Waals surface area contributed by atoms with Crippen LogP contribution in [0.15, 0.2) is 78.9 Å². The lowest BCUT2D eigenvalue weighted by molar-refractivity contribution is -0.121. The number of nitrogens with one attached hydrogen (secondary N) is 1. The Labute approximate surface area is 213 Å². The van der Waals surface area contributed by atoms with Gasteiger partial charge in [0.25, 0.3) is 11.8 Å². The Morgan fingerprint density at radius 3 is 2.49 bits per heavy atom. The molecule has 0 bridgehead atoms. The van der Waals surface area contributed by atoms with Gasteiger partial charge in [0.2, 0.25) is 0 Å². The highest BCUT2D eigenvalue weighted by Gasteiger charge is 2.45. The number of carbonyl (C=O) groups excluding carboxylic acids is 2. The Hall–Kier alpha value is -4.77. The van der Waals surface area contributed by atoms with Crippen molar-refractivity contribution in [1.82, 2.24) is 15.1 Å². The number of anilines is 1. The third-order valence-corrected chi connectivity index (χ3v) is 6.60. The highest BCUT2D eigenvalue weighted by molar-refractivity contribution is 6.05. The third kappa shape index (κ3) is 4.25. The van der Waals surface area contributed by atoms with Crippen molar-refractivity contribution in [3.8, 4) is 11.8 Å². The number of carbonyl (C=O) groups is 2. The predicted molar refractivity (Wildman–Crippen MR) is 137 cm³/mol. The van der Waals surface area contributed by atoms with E-state index in [0.29, 0.717) is 29.2 Å². The Morgan fingerprint density at radius 2 is 1.81 bits per heavy atom. The molecule has 2 amide bonds. The zero-order chi connectivity index (χ0) is 26.1. The molecule has 5 rings (SSSR count). The van der Waals surface area contributed by atoms with E-state index in [0.717, 1.165) is 11.3 Å². The second kappa shape index (κ2) is 9.70. The molecule has 2 unspecified atom stereocenters. The molecule has 0 saturated carbocycles. The number of aryl methyl sites for hydroxylation is 1. The number of likely N-dealkylation sites (N-methyl/N-ethyl adjacent to an activating group) is 1. The van der Waals surface area contributed by atoms with Crippen molar-refractivity contribution in [2.75, 3.05) is 11.4 Å². The average Bonchev–Trinajstić information content (AvgIpc) is 3.26. The number of rotatable bonds is 5. The van der Waals surface area contributed by atoms with Crippen molar-refractivity contribution >= 4 is 17.6 Å². The van der Waals surface area contributed by atoms with E-state index in [9.17, 15) is 19.2 Å². The Kier molecular flexibility index (Phi) is 6.28. The van der Waals surface area contributed by atoms with E-state index >= 15 is 0 Å². The molecule has 0 saturated heterocycles. The molecule has 1 aromatic heterocycles. The molecule has 7 nitrogen and oxygen atoms in total. The molecule has 1 N–H and O–H groups in total. The zero-order valence-electron chi connectivity index (χ0n) is 20.4. The van der Waals surface area contributed by atoms with Crippen LogP contribution in [0.2, 0.25) is 0 Å². The molecule has 37 heavy (non-hydrogen) atoms. The minimum Gasteiger partial charge on any atom is -0.339 e. The van der Waals surface area contributed by atoms with Crippen molar-refractivity contribution in [2.45, 2.75) is 25.8 Å². The molecule has 8 heteroatoms. The number of nitrogens with zero attached hydrogens (tertiary/aromatic N) is 4. The average molecular weight is 494 g/mol. The van der Waals surface area contributed by atoms with Crippen LogP contribution in [-0.4, -0.2) is 34.2 Å². The normalized spacial score (nSPS) is 16.7. The van der Waals surface area contributed by atoms with Crippen LogP contribution in [0.25, 0.3) is 5.69 Å². The minimum absolute atomic E-state index is 0.273. The minimum atomic E-state index is -0.969. The number of hydrogen-bond acceptors (Lipinski definition) is 4. The maximum Gasteiger partial charge on any atom is 0.252 e. The molecule has 184 valence electrons.